The SMILES string of the molecule is CC(C)(C)c1ccc(-c2nnc(SCC#N)n2Cc2ccco2)cc1. The number of hydrogen-bond donors (Lipinski definition) is 0. The molecule has 0 fully saturated rings. The van der Waals surface area contributed by atoms with Crippen LogP contribution in [0.5, 0.6) is 0 Å². The van der Waals surface area contributed by atoms with Crippen LogP contribution in [0.3, 0.4) is 0 Å². The number of benzene rings is 1. The summed E-state index contributed by atoms with van der Waals surface area (Å²) in [7, 11) is 0. The minimum absolute atomic E-state index is 0.105. The number of hydrogen-bond acceptors (Lipinski definition) is 5. The van der Waals surface area contributed by atoms with Crippen molar-refractivity contribution in [3.05, 3.63) is 54.0 Å². The van der Waals surface area contributed by atoms with E-state index in [0.717, 1.165) is 17.1 Å². The first-order valence-electron chi connectivity index (χ1n) is 8.05. The molecule has 3 aromatic rings. The second kappa shape index (κ2) is 7.16. The minimum atomic E-state index is 0.105. The topological polar surface area (TPSA) is 67.6 Å². The second-order valence-corrected chi connectivity index (χ2v) is 7.69. The van der Waals surface area contributed by atoms with E-state index in [0.29, 0.717) is 17.5 Å². The molecule has 0 atom stereocenters. The Labute approximate surface area is 151 Å². The molecule has 1 aromatic carbocycles. The van der Waals surface area contributed by atoms with Crippen LogP contribution in [-0.2, 0) is 12.0 Å². The number of rotatable bonds is 5. The maximum absolute atomic E-state index is 8.86. The van der Waals surface area contributed by atoms with Crippen LogP contribution in [0, 0.1) is 11.3 Å². The van der Waals surface area contributed by atoms with E-state index in [9.17, 15) is 0 Å². The molecule has 6 heteroatoms. The Morgan fingerprint density at radius 2 is 1.92 bits per heavy atom. The van der Waals surface area contributed by atoms with Crippen LogP contribution in [0.15, 0.2) is 52.2 Å². The van der Waals surface area contributed by atoms with Crippen molar-refractivity contribution >= 4 is 11.8 Å². The zero-order valence-corrected chi connectivity index (χ0v) is 15.4. The fraction of sp³-hybridized carbons (Fsp3) is 0.316. The molecule has 0 aliphatic carbocycles. The molecule has 128 valence electrons. The van der Waals surface area contributed by atoms with Crippen LogP contribution in [0.1, 0.15) is 32.1 Å². The van der Waals surface area contributed by atoms with Gasteiger partial charge in [-0.25, -0.2) is 0 Å². The van der Waals surface area contributed by atoms with Crippen LogP contribution >= 0.6 is 11.8 Å². The average molecular weight is 352 g/mol. The fourth-order valence-electron chi connectivity index (χ4n) is 2.53. The van der Waals surface area contributed by atoms with Crippen LogP contribution in [0.2, 0.25) is 0 Å². The van der Waals surface area contributed by atoms with E-state index in [1.165, 1.54) is 17.3 Å². The van der Waals surface area contributed by atoms with E-state index in [4.69, 9.17) is 9.68 Å². The van der Waals surface area contributed by atoms with E-state index in [1.807, 2.05) is 16.7 Å². The molecule has 0 radical (unpaired) electrons. The lowest BCUT2D eigenvalue weighted by Crippen LogP contribution is -2.10. The summed E-state index contributed by atoms with van der Waals surface area (Å²) in [6, 6.07) is 14.3. The summed E-state index contributed by atoms with van der Waals surface area (Å²) < 4.78 is 7.46. The Hall–Kier alpha value is -2.52. The number of furan rings is 1. The lowest BCUT2D eigenvalue weighted by molar-refractivity contribution is 0.485. The molecule has 2 heterocycles. The standard InChI is InChI=1S/C19H20N4OS/c1-19(2,3)15-8-6-14(7-9-15)17-21-22-18(25-12-10-20)23(17)13-16-5-4-11-24-16/h4-9,11H,12-13H2,1-3H3. The van der Waals surface area contributed by atoms with Gasteiger partial charge in [-0.3, -0.25) is 4.57 Å². The predicted molar refractivity (Wildman–Crippen MR) is 98.3 cm³/mol. The molecule has 2 aromatic heterocycles. The monoisotopic (exact) mass is 352 g/mol. The normalized spacial score (nSPS) is 11.4. The predicted octanol–water partition coefficient (Wildman–Crippen LogP) is 4.50. The molecular formula is C19H20N4OS. The van der Waals surface area contributed by atoms with Crippen molar-refractivity contribution < 1.29 is 4.42 Å². The van der Waals surface area contributed by atoms with Gasteiger partial charge >= 0.3 is 0 Å². The van der Waals surface area contributed by atoms with Gasteiger partial charge in [-0.15, -0.1) is 10.2 Å². The number of thioether (sulfide) groups is 1. The summed E-state index contributed by atoms with van der Waals surface area (Å²) in [5.74, 6) is 1.93. The average Bonchev–Trinajstić information content (AvgIpc) is 3.23. The molecule has 0 spiro atoms. The van der Waals surface area contributed by atoms with Crippen molar-refractivity contribution in [2.24, 2.45) is 0 Å². The molecule has 0 unspecified atom stereocenters. The molecule has 0 aliphatic heterocycles. The molecule has 0 N–H and O–H groups in total. The largest absolute Gasteiger partial charge is 0.467 e. The molecule has 0 amide bonds. The highest BCUT2D eigenvalue weighted by atomic mass is 32.2. The van der Waals surface area contributed by atoms with E-state index in [1.54, 1.807) is 6.26 Å². The summed E-state index contributed by atoms with van der Waals surface area (Å²) >= 11 is 1.38. The van der Waals surface area contributed by atoms with Crippen LogP contribution in [0.4, 0.5) is 0 Å². The van der Waals surface area contributed by atoms with Crippen molar-refractivity contribution in [2.75, 3.05) is 5.75 Å². The summed E-state index contributed by atoms with van der Waals surface area (Å²) in [5, 5.41) is 18.2. The molecule has 0 aliphatic rings. The molecule has 0 bridgehead atoms. The molecule has 3 rings (SSSR count). The minimum Gasteiger partial charge on any atom is -0.467 e. The Morgan fingerprint density at radius 1 is 1.16 bits per heavy atom. The lowest BCUT2D eigenvalue weighted by Gasteiger charge is -2.19. The highest BCUT2D eigenvalue weighted by Crippen LogP contribution is 2.28. The van der Waals surface area contributed by atoms with Gasteiger partial charge in [0.1, 0.15) is 5.76 Å². The zero-order valence-electron chi connectivity index (χ0n) is 14.6. The molecular weight excluding hydrogens is 332 g/mol. The van der Waals surface area contributed by atoms with Gasteiger partial charge in [0.05, 0.1) is 24.6 Å². The van der Waals surface area contributed by atoms with E-state index >= 15 is 0 Å². The van der Waals surface area contributed by atoms with Gasteiger partial charge in [-0.05, 0) is 23.1 Å². The van der Waals surface area contributed by atoms with Crippen molar-refractivity contribution in [2.45, 2.75) is 37.9 Å². The van der Waals surface area contributed by atoms with Crippen molar-refractivity contribution in [3.63, 3.8) is 0 Å². The van der Waals surface area contributed by atoms with Gasteiger partial charge in [-0.1, -0.05) is 56.8 Å². The molecule has 5 nitrogen and oxygen atoms in total. The van der Waals surface area contributed by atoms with Crippen molar-refractivity contribution in [1.82, 2.24) is 14.8 Å². The van der Waals surface area contributed by atoms with Crippen LogP contribution in [0.25, 0.3) is 11.4 Å². The van der Waals surface area contributed by atoms with E-state index < -0.39 is 0 Å². The third kappa shape index (κ3) is 3.94. The smallest absolute Gasteiger partial charge is 0.192 e. The van der Waals surface area contributed by atoms with E-state index in [2.05, 4.69) is 61.3 Å². The van der Waals surface area contributed by atoms with Gasteiger partial charge < -0.3 is 4.42 Å². The van der Waals surface area contributed by atoms with Crippen molar-refractivity contribution in [1.29, 1.82) is 5.26 Å². The van der Waals surface area contributed by atoms with Gasteiger partial charge in [0.25, 0.3) is 0 Å². The van der Waals surface area contributed by atoms with Crippen LogP contribution < -0.4 is 0 Å². The maximum atomic E-state index is 8.86. The zero-order chi connectivity index (χ0) is 17.9. The first kappa shape index (κ1) is 17.3. The van der Waals surface area contributed by atoms with Crippen molar-refractivity contribution in [3.8, 4) is 17.5 Å². The summed E-state index contributed by atoms with van der Waals surface area (Å²) in [5.41, 5.74) is 2.37. The summed E-state index contributed by atoms with van der Waals surface area (Å²) in [4.78, 5) is 0. The van der Waals surface area contributed by atoms with Crippen LogP contribution in [-0.4, -0.2) is 20.5 Å². The number of nitrogens with zero attached hydrogens (tertiary/aromatic N) is 4. The Bertz CT molecular complexity index is 868. The van der Waals surface area contributed by atoms with Gasteiger partial charge in [0.15, 0.2) is 11.0 Å². The third-order valence-electron chi connectivity index (χ3n) is 3.89. The Balaban J connectivity index is 1.97. The third-order valence-corrected chi connectivity index (χ3v) is 4.72. The molecule has 25 heavy (non-hydrogen) atoms. The number of aromatic nitrogens is 3. The van der Waals surface area contributed by atoms with Gasteiger partial charge in [-0.2, -0.15) is 5.26 Å². The maximum Gasteiger partial charge on any atom is 0.192 e. The fourth-order valence-corrected chi connectivity index (χ4v) is 3.13. The highest BCUT2D eigenvalue weighted by Gasteiger charge is 2.17. The quantitative estimate of drug-likeness (QED) is 0.632. The lowest BCUT2D eigenvalue weighted by atomic mass is 9.87. The van der Waals surface area contributed by atoms with Gasteiger partial charge in [0.2, 0.25) is 0 Å². The first-order valence-corrected chi connectivity index (χ1v) is 9.04. The molecule has 0 saturated heterocycles. The number of nitriles is 1. The highest BCUT2D eigenvalue weighted by molar-refractivity contribution is 7.99. The van der Waals surface area contributed by atoms with E-state index in [-0.39, 0.29) is 5.41 Å². The second-order valence-electron chi connectivity index (χ2n) is 6.75. The summed E-state index contributed by atoms with van der Waals surface area (Å²) in [6.07, 6.45) is 1.65. The Morgan fingerprint density at radius 3 is 2.52 bits per heavy atom. The Kier molecular flexibility index (Phi) is 4.95. The molecule has 0 saturated carbocycles. The van der Waals surface area contributed by atoms with Gasteiger partial charge in [0, 0.05) is 5.56 Å². The summed E-state index contributed by atoms with van der Waals surface area (Å²) in [6.45, 7) is 7.11. The first-order chi connectivity index (χ1) is 12.0.